The molecular weight excluding hydrogens is 226 g/mol. The predicted molar refractivity (Wildman–Crippen MR) is 73.1 cm³/mol. The topological polar surface area (TPSA) is 29.5 Å². The summed E-state index contributed by atoms with van der Waals surface area (Å²) in [6, 6.07) is 7.77. The average molecular weight is 247 g/mol. The fourth-order valence-corrected chi connectivity index (χ4v) is 2.35. The van der Waals surface area contributed by atoms with E-state index in [4.69, 9.17) is 4.74 Å². The van der Waals surface area contributed by atoms with Crippen LogP contribution in [0, 0.1) is 0 Å². The maximum absolute atomic E-state index is 11.6. The van der Waals surface area contributed by atoms with Gasteiger partial charge in [-0.25, -0.2) is 4.79 Å². The number of ether oxygens (including phenoxy) is 1. The molecule has 98 valence electrons. The fourth-order valence-electron chi connectivity index (χ4n) is 2.35. The minimum absolute atomic E-state index is 0.236. The highest BCUT2D eigenvalue weighted by atomic mass is 16.5. The smallest absolute Gasteiger partial charge is 0.338 e. The average Bonchev–Trinajstić information content (AvgIpc) is 2.68. The monoisotopic (exact) mass is 247 g/mol. The number of hydrogen-bond acceptors (Lipinski definition) is 3. The highest BCUT2D eigenvalue weighted by molar-refractivity contribution is 5.89. The van der Waals surface area contributed by atoms with E-state index in [-0.39, 0.29) is 5.97 Å². The Bertz CT molecular complexity index is 378. The van der Waals surface area contributed by atoms with Gasteiger partial charge in [0.05, 0.1) is 12.2 Å². The number of esters is 1. The molecule has 0 unspecified atom stereocenters. The number of nitrogens with zero attached hydrogens (tertiary/aromatic N) is 1. The normalized spacial score (nSPS) is 16.2. The molecule has 1 saturated heterocycles. The van der Waals surface area contributed by atoms with E-state index in [1.807, 2.05) is 31.2 Å². The molecule has 3 nitrogen and oxygen atoms in total. The van der Waals surface area contributed by atoms with Crippen LogP contribution in [0.4, 0.5) is 5.69 Å². The van der Waals surface area contributed by atoms with E-state index in [0.29, 0.717) is 12.2 Å². The lowest BCUT2D eigenvalue weighted by Crippen LogP contribution is -2.23. The molecule has 1 aliphatic rings. The standard InChI is InChI=1S/C15H21NO2/c1-2-18-15(17)13-7-9-14(10-8-13)16-11-5-3-4-6-12-16/h7-10H,2-6,11-12H2,1H3. The molecule has 2 rings (SSSR count). The third kappa shape index (κ3) is 3.25. The molecule has 0 spiro atoms. The lowest BCUT2D eigenvalue weighted by Gasteiger charge is -2.22. The van der Waals surface area contributed by atoms with Gasteiger partial charge in [-0.2, -0.15) is 0 Å². The summed E-state index contributed by atoms with van der Waals surface area (Å²) in [5.74, 6) is -0.236. The van der Waals surface area contributed by atoms with Gasteiger partial charge in [0, 0.05) is 18.8 Å². The number of anilines is 1. The van der Waals surface area contributed by atoms with Gasteiger partial charge in [-0.3, -0.25) is 0 Å². The van der Waals surface area contributed by atoms with Crippen molar-refractivity contribution in [3.63, 3.8) is 0 Å². The Morgan fingerprint density at radius 3 is 2.28 bits per heavy atom. The van der Waals surface area contributed by atoms with Gasteiger partial charge in [0.25, 0.3) is 0 Å². The van der Waals surface area contributed by atoms with Gasteiger partial charge >= 0.3 is 5.97 Å². The lowest BCUT2D eigenvalue weighted by molar-refractivity contribution is 0.0526. The Balaban J connectivity index is 2.04. The van der Waals surface area contributed by atoms with Crippen LogP contribution >= 0.6 is 0 Å². The van der Waals surface area contributed by atoms with E-state index in [0.717, 1.165) is 13.1 Å². The zero-order valence-corrected chi connectivity index (χ0v) is 11.0. The van der Waals surface area contributed by atoms with Crippen molar-refractivity contribution in [2.75, 3.05) is 24.6 Å². The van der Waals surface area contributed by atoms with Crippen molar-refractivity contribution in [3.8, 4) is 0 Å². The molecule has 3 heteroatoms. The van der Waals surface area contributed by atoms with Crippen LogP contribution in [0.5, 0.6) is 0 Å². The van der Waals surface area contributed by atoms with Crippen LogP contribution in [0.3, 0.4) is 0 Å². The SMILES string of the molecule is CCOC(=O)c1ccc(N2CCCCCC2)cc1. The third-order valence-corrected chi connectivity index (χ3v) is 3.35. The van der Waals surface area contributed by atoms with Gasteiger partial charge < -0.3 is 9.64 Å². The Kier molecular flexibility index (Phi) is 4.62. The second-order valence-electron chi connectivity index (χ2n) is 4.67. The summed E-state index contributed by atoms with van der Waals surface area (Å²) in [4.78, 5) is 14.0. The van der Waals surface area contributed by atoms with Crippen LogP contribution in [-0.2, 0) is 4.74 Å². The molecule has 1 aromatic rings. The van der Waals surface area contributed by atoms with Gasteiger partial charge in [0.15, 0.2) is 0 Å². The molecule has 0 amide bonds. The summed E-state index contributed by atoms with van der Waals surface area (Å²) in [6.45, 7) is 4.49. The number of carbonyl (C=O) groups is 1. The highest BCUT2D eigenvalue weighted by Crippen LogP contribution is 2.20. The van der Waals surface area contributed by atoms with E-state index < -0.39 is 0 Å². The summed E-state index contributed by atoms with van der Waals surface area (Å²) in [5, 5.41) is 0. The summed E-state index contributed by atoms with van der Waals surface area (Å²) in [6.07, 6.45) is 5.19. The molecular formula is C15H21NO2. The number of benzene rings is 1. The molecule has 1 fully saturated rings. The summed E-state index contributed by atoms with van der Waals surface area (Å²) < 4.78 is 4.98. The number of rotatable bonds is 3. The molecule has 0 aromatic heterocycles. The van der Waals surface area contributed by atoms with Crippen molar-refractivity contribution >= 4 is 11.7 Å². The number of hydrogen-bond donors (Lipinski definition) is 0. The summed E-state index contributed by atoms with van der Waals surface area (Å²) >= 11 is 0. The zero-order chi connectivity index (χ0) is 12.8. The molecule has 0 radical (unpaired) electrons. The molecule has 0 atom stereocenters. The van der Waals surface area contributed by atoms with E-state index in [1.54, 1.807) is 0 Å². The van der Waals surface area contributed by atoms with Gasteiger partial charge in [-0.05, 0) is 44.0 Å². The minimum atomic E-state index is -0.236. The largest absolute Gasteiger partial charge is 0.462 e. The molecule has 0 aliphatic carbocycles. The summed E-state index contributed by atoms with van der Waals surface area (Å²) in [7, 11) is 0. The molecule has 1 aliphatic heterocycles. The Hall–Kier alpha value is -1.51. The first-order chi connectivity index (χ1) is 8.81. The molecule has 0 saturated carbocycles. The molecule has 1 heterocycles. The van der Waals surface area contributed by atoms with E-state index in [9.17, 15) is 4.79 Å². The van der Waals surface area contributed by atoms with Gasteiger partial charge in [0.2, 0.25) is 0 Å². The zero-order valence-electron chi connectivity index (χ0n) is 11.0. The van der Waals surface area contributed by atoms with Crippen molar-refractivity contribution in [3.05, 3.63) is 29.8 Å². The Labute approximate surface area is 109 Å². The molecule has 18 heavy (non-hydrogen) atoms. The quantitative estimate of drug-likeness (QED) is 0.768. The van der Waals surface area contributed by atoms with Crippen molar-refractivity contribution in [2.24, 2.45) is 0 Å². The maximum atomic E-state index is 11.6. The molecule has 1 aromatic carbocycles. The van der Waals surface area contributed by atoms with Crippen LogP contribution in [0.15, 0.2) is 24.3 Å². The Morgan fingerprint density at radius 2 is 1.72 bits per heavy atom. The van der Waals surface area contributed by atoms with E-state index >= 15 is 0 Å². The fraction of sp³-hybridized carbons (Fsp3) is 0.533. The maximum Gasteiger partial charge on any atom is 0.338 e. The second-order valence-corrected chi connectivity index (χ2v) is 4.67. The van der Waals surface area contributed by atoms with Crippen LogP contribution in [0.25, 0.3) is 0 Å². The van der Waals surface area contributed by atoms with Crippen LogP contribution < -0.4 is 4.90 Å². The first kappa shape index (κ1) is 12.9. The van der Waals surface area contributed by atoms with Crippen molar-refractivity contribution < 1.29 is 9.53 Å². The van der Waals surface area contributed by atoms with E-state index in [1.165, 1.54) is 31.4 Å². The van der Waals surface area contributed by atoms with Crippen molar-refractivity contribution in [1.82, 2.24) is 0 Å². The van der Waals surface area contributed by atoms with Gasteiger partial charge in [-0.1, -0.05) is 12.8 Å². The van der Waals surface area contributed by atoms with Crippen LogP contribution in [0.2, 0.25) is 0 Å². The first-order valence-electron chi connectivity index (χ1n) is 6.83. The lowest BCUT2D eigenvalue weighted by atomic mass is 10.2. The summed E-state index contributed by atoms with van der Waals surface area (Å²) in [5.41, 5.74) is 1.85. The second kappa shape index (κ2) is 6.43. The Morgan fingerprint density at radius 1 is 1.11 bits per heavy atom. The predicted octanol–water partition coefficient (Wildman–Crippen LogP) is 3.24. The number of carbonyl (C=O) groups excluding carboxylic acids is 1. The first-order valence-corrected chi connectivity index (χ1v) is 6.83. The van der Waals surface area contributed by atoms with Crippen LogP contribution in [-0.4, -0.2) is 25.7 Å². The minimum Gasteiger partial charge on any atom is -0.462 e. The van der Waals surface area contributed by atoms with Crippen molar-refractivity contribution in [1.29, 1.82) is 0 Å². The van der Waals surface area contributed by atoms with Gasteiger partial charge in [-0.15, -0.1) is 0 Å². The van der Waals surface area contributed by atoms with Gasteiger partial charge in [0.1, 0.15) is 0 Å². The van der Waals surface area contributed by atoms with Crippen LogP contribution in [0.1, 0.15) is 43.0 Å². The molecule has 0 bridgehead atoms. The van der Waals surface area contributed by atoms with Crippen molar-refractivity contribution in [2.45, 2.75) is 32.6 Å². The molecule has 0 N–H and O–H groups in total. The third-order valence-electron chi connectivity index (χ3n) is 3.35. The highest BCUT2D eigenvalue weighted by Gasteiger charge is 2.11. The van der Waals surface area contributed by atoms with E-state index in [2.05, 4.69) is 4.90 Å².